The quantitative estimate of drug-likeness (QED) is 0.490. The highest BCUT2D eigenvalue weighted by Gasteiger charge is 2.24. The Morgan fingerprint density at radius 2 is 1.38 bits per heavy atom. The van der Waals surface area contributed by atoms with Gasteiger partial charge in [0.15, 0.2) is 12.4 Å². The van der Waals surface area contributed by atoms with E-state index in [1.807, 2.05) is 50.0 Å². The van der Waals surface area contributed by atoms with Gasteiger partial charge < -0.3 is 0 Å². The Balaban J connectivity index is 0.00000106. The monoisotopic (exact) mass is 287 g/mol. The van der Waals surface area contributed by atoms with Crippen molar-refractivity contribution in [1.29, 1.82) is 0 Å². The molecule has 2 aromatic rings. The second-order valence-electron chi connectivity index (χ2n) is 5.18. The zero-order chi connectivity index (χ0) is 16.0. The van der Waals surface area contributed by atoms with Crippen molar-refractivity contribution in [2.75, 3.05) is 0 Å². The van der Waals surface area contributed by atoms with E-state index in [-0.39, 0.29) is 16.0 Å². The number of nitrogens with zero attached hydrogens (tertiary/aromatic N) is 2. The van der Waals surface area contributed by atoms with Crippen LogP contribution in [-0.4, -0.2) is 4.92 Å². The van der Waals surface area contributed by atoms with Crippen molar-refractivity contribution < 1.29 is 9.49 Å². The number of nitro groups is 1. The molecule has 0 N–H and O–H groups in total. The molecular weight excluding hydrogens is 264 g/mol. The first-order chi connectivity index (χ1) is 9.91. The Morgan fingerprint density at radius 3 is 1.81 bits per heavy atom. The molecule has 0 spiro atoms. The van der Waals surface area contributed by atoms with Crippen LogP contribution in [0.5, 0.6) is 0 Å². The summed E-state index contributed by atoms with van der Waals surface area (Å²) < 4.78 is 1.98. The molecule has 21 heavy (non-hydrogen) atoms. The van der Waals surface area contributed by atoms with Gasteiger partial charge in [-0.2, -0.15) is 0 Å². The van der Waals surface area contributed by atoms with Gasteiger partial charge in [-0.3, -0.25) is 10.1 Å². The Bertz CT molecular complexity index is 587. The molecule has 0 amide bonds. The van der Waals surface area contributed by atoms with Gasteiger partial charge in [-0.1, -0.05) is 39.8 Å². The minimum absolute atomic E-state index is 0.124. The molecule has 1 heterocycles. The van der Waals surface area contributed by atoms with Crippen molar-refractivity contribution in [3.05, 3.63) is 70.0 Å². The van der Waals surface area contributed by atoms with E-state index in [4.69, 9.17) is 0 Å². The van der Waals surface area contributed by atoms with Crippen molar-refractivity contribution in [1.82, 2.24) is 0 Å². The SMILES string of the molecule is CC.C[n+]1ccc(C(C)(C)c2ccc([N+](=O)[O-])cc2)cc1. The van der Waals surface area contributed by atoms with Crippen LogP contribution in [0, 0.1) is 10.1 Å². The summed E-state index contributed by atoms with van der Waals surface area (Å²) in [7, 11) is 1.97. The molecule has 0 fully saturated rings. The van der Waals surface area contributed by atoms with Crippen molar-refractivity contribution >= 4 is 5.69 Å². The van der Waals surface area contributed by atoms with Gasteiger partial charge in [-0.25, -0.2) is 4.57 Å². The van der Waals surface area contributed by atoms with Gasteiger partial charge in [-0.05, 0) is 11.1 Å². The summed E-state index contributed by atoms with van der Waals surface area (Å²) in [6.07, 6.45) is 4.00. The van der Waals surface area contributed by atoms with Gasteiger partial charge in [0.1, 0.15) is 7.05 Å². The van der Waals surface area contributed by atoms with Crippen LogP contribution in [0.2, 0.25) is 0 Å². The zero-order valence-electron chi connectivity index (χ0n) is 13.3. The summed E-state index contributed by atoms with van der Waals surface area (Å²) in [5.74, 6) is 0. The van der Waals surface area contributed by atoms with Crippen molar-refractivity contribution in [2.45, 2.75) is 33.1 Å². The lowest BCUT2D eigenvalue weighted by Crippen LogP contribution is -2.28. The Hall–Kier alpha value is -2.23. The number of aryl methyl sites for hydroxylation is 1. The lowest BCUT2D eigenvalue weighted by molar-refractivity contribution is -0.671. The molecule has 0 aliphatic heterocycles. The third-order valence-electron chi connectivity index (χ3n) is 3.50. The highest BCUT2D eigenvalue weighted by molar-refractivity contribution is 5.41. The van der Waals surface area contributed by atoms with Gasteiger partial charge in [0.2, 0.25) is 0 Å². The molecule has 0 saturated carbocycles. The maximum atomic E-state index is 10.7. The van der Waals surface area contributed by atoms with Crippen LogP contribution in [0.15, 0.2) is 48.8 Å². The molecule has 4 heteroatoms. The third kappa shape index (κ3) is 3.88. The maximum Gasteiger partial charge on any atom is 0.269 e. The van der Waals surface area contributed by atoms with Crippen molar-refractivity contribution in [3.63, 3.8) is 0 Å². The number of aromatic nitrogens is 1. The Kier molecular flexibility index (Phi) is 5.59. The molecule has 0 radical (unpaired) electrons. The normalized spacial score (nSPS) is 10.5. The molecule has 1 aromatic carbocycles. The first-order valence-electron chi connectivity index (χ1n) is 7.12. The second-order valence-corrected chi connectivity index (χ2v) is 5.18. The van der Waals surface area contributed by atoms with Crippen LogP contribution in [-0.2, 0) is 12.5 Å². The van der Waals surface area contributed by atoms with Crippen LogP contribution in [0.3, 0.4) is 0 Å². The predicted molar refractivity (Wildman–Crippen MR) is 84.2 cm³/mol. The predicted octanol–water partition coefficient (Wildman–Crippen LogP) is 3.77. The number of benzene rings is 1. The van der Waals surface area contributed by atoms with Gasteiger partial charge in [0.25, 0.3) is 5.69 Å². The summed E-state index contributed by atoms with van der Waals surface area (Å²) in [5, 5.41) is 10.7. The highest BCUT2D eigenvalue weighted by atomic mass is 16.6. The zero-order valence-corrected chi connectivity index (χ0v) is 13.3. The van der Waals surface area contributed by atoms with Gasteiger partial charge in [0, 0.05) is 29.7 Å². The van der Waals surface area contributed by atoms with Crippen LogP contribution in [0.1, 0.15) is 38.8 Å². The van der Waals surface area contributed by atoms with E-state index < -0.39 is 0 Å². The molecule has 0 bridgehead atoms. The molecule has 2 rings (SSSR count). The van der Waals surface area contributed by atoms with Crippen LogP contribution < -0.4 is 4.57 Å². The minimum Gasteiger partial charge on any atom is -0.258 e. The van der Waals surface area contributed by atoms with Gasteiger partial charge in [0.05, 0.1) is 4.92 Å². The third-order valence-corrected chi connectivity index (χ3v) is 3.50. The number of non-ortho nitro benzene ring substituents is 1. The molecule has 1 aromatic heterocycles. The molecule has 0 unspecified atom stereocenters. The van der Waals surface area contributed by atoms with Crippen LogP contribution >= 0.6 is 0 Å². The van der Waals surface area contributed by atoms with Gasteiger partial charge >= 0.3 is 0 Å². The van der Waals surface area contributed by atoms with Crippen LogP contribution in [0.25, 0.3) is 0 Å². The summed E-state index contributed by atoms with van der Waals surface area (Å²) in [6.45, 7) is 8.23. The Labute approximate surface area is 126 Å². The lowest BCUT2D eigenvalue weighted by atomic mass is 9.78. The minimum atomic E-state index is -0.376. The standard InChI is InChI=1S/C15H17N2O2.C2H6/c1-15(2,13-8-10-16(3)11-9-13)12-4-6-14(7-5-12)17(18)19;1-2/h4-11H,1-3H3;1-2H3/q+1;. The summed E-state index contributed by atoms with van der Waals surface area (Å²) in [5.41, 5.74) is 2.19. The average Bonchev–Trinajstić information content (AvgIpc) is 2.50. The summed E-state index contributed by atoms with van der Waals surface area (Å²) in [6, 6.07) is 10.9. The fourth-order valence-electron chi connectivity index (χ4n) is 2.08. The smallest absolute Gasteiger partial charge is 0.258 e. The fourth-order valence-corrected chi connectivity index (χ4v) is 2.08. The van der Waals surface area contributed by atoms with E-state index in [1.165, 1.54) is 5.56 Å². The summed E-state index contributed by atoms with van der Waals surface area (Å²) in [4.78, 5) is 10.3. The fraction of sp³-hybridized carbons (Fsp3) is 0.353. The topological polar surface area (TPSA) is 47.0 Å². The van der Waals surface area contributed by atoms with E-state index in [9.17, 15) is 10.1 Å². The van der Waals surface area contributed by atoms with E-state index in [0.29, 0.717) is 0 Å². The van der Waals surface area contributed by atoms with Crippen molar-refractivity contribution in [2.24, 2.45) is 7.05 Å². The molecule has 0 saturated heterocycles. The molecule has 0 aliphatic rings. The highest BCUT2D eigenvalue weighted by Crippen LogP contribution is 2.31. The Morgan fingerprint density at radius 1 is 0.952 bits per heavy atom. The lowest BCUT2D eigenvalue weighted by Gasteiger charge is -2.25. The van der Waals surface area contributed by atoms with Crippen LogP contribution in [0.4, 0.5) is 5.69 Å². The second kappa shape index (κ2) is 6.97. The number of pyridine rings is 1. The first-order valence-corrected chi connectivity index (χ1v) is 7.12. The maximum absolute atomic E-state index is 10.7. The van der Waals surface area contributed by atoms with Gasteiger partial charge in [-0.15, -0.1) is 0 Å². The van der Waals surface area contributed by atoms with Crippen molar-refractivity contribution in [3.8, 4) is 0 Å². The van der Waals surface area contributed by atoms with E-state index in [2.05, 4.69) is 26.0 Å². The molecular formula is C17H23N2O2+. The van der Waals surface area contributed by atoms with E-state index in [0.717, 1.165) is 5.56 Å². The number of rotatable bonds is 3. The molecule has 0 atom stereocenters. The molecule has 112 valence electrons. The number of hydrogen-bond acceptors (Lipinski definition) is 2. The molecule has 0 aliphatic carbocycles. The number of hydrogen-bond donors (Lipinski definition) is 0. The van der Waals surface area contributed by atoms with E-state index >= 15 is 0 Å². The summed E-state index contributed by atoms with van der Waals surface area (Å²) >= 11 is 0. The average molecular weight is 287 g/mol. The molecule has 4 nitrogen and oxygen atoms in total. The van der Waals surface area contributed by atoms with E-state index in [1.54, 1.807) is 12.1 Å². The first kappa shape index (κ1) is 16.8. The number of nitro benzene ring substituents is 1. The largest absolute Gasteiger partial charge is 0.269 e.